The minimum atomic E-state index is -4.04. The predicted octanol–water partition coefficient (Wildman–Crippen LogP) is 6.57. The Labute approximate surface area is 246 Å². The van der Waals surface area contributed by atoms with Gasteiger partial charge in [0.2, 0.25) is 7.37 Å². The topological polar surface area (TPSA) is 119 Å². The standard InChI is InChI=1S/C32H37N2O7P/c1-25-12-11-21-34(25,32(37)38)30(35)24-42(39,41-23-28-17-9-4-10-18-28)29(20-19-26-13-5-2-6-14-26)33-31(36)40-22-27-15-7-3-8-16-27/h2-10,13-18,25,29H,11-12,19-24H2,1H3,(H-,33,36,37,38)/p+1/t25-,29?,34?,42?/m1/s1. The van der Waals surface area contributed by atoms with E-state index in [2.05, 4.69) is 5.32 Å². The third kappa shape index (κ3) is 7.73. The molecular formula is C32H38N2O7P+. The largest absolute Gasteiger partial charge is 0.521 e. The maximum atomic E-state index is 14.8. The van der Waals surface area contributed by atoms with Crippen molar-refractivity contribution in [1.29, 1.82) is 0 Å². The molecule has 0 saturated carbocycles. The van der Waals surface area contributed by atoms with Crippen molar-refractivity contribution in [2.24, 2.45) is 0 Å². The number of ether oxygens (including phenoxy) is 1. The number of rotatable bonds is 12. The maximum absolute atomic E-state index is 14.8. The molecular weight excluding hydrogens is 555 g/mol. The summed E-state index contributed by atoms with van der Waals surface area (Å²) in [7, 11) is -4.04. The van der Waals surface area contributed by atoms with E-state index in [1.54, 1.807) is 19.1 Å². The Bertz CT molecular complexity index is 1390. The molecule has 1 aliphatic rings. The molecule has 1 saturated heterocycles. The Balaban J connectivity index is 1.63. The number of aryl methyl sites for hydroxylation is 1. The zero-order chi connectivity index (χ0) is 30.0. The number of likely N-dealkylation sites (tertiary alicyclic amines) is 1. The van der Waals surface area contributed by atoms with Crippen LogP contribution in [0.2, 0.25) is 0 Å². The second kappa shape index (κ2) is 14.4. The van der Waals surface area contributed by atoms with Crippen molar-refractivity contribution < 1.29 is 37.8 Å². The van der Waals surface area contributed by atoms with Crippen LogP contribution in [0.3, 0.4) is 0 Å². The number of carbonyl (C=O) groups excluding carboxylic acids is 2. The SMILES string of the molecule is C[C@@H]1CCC[N+]1(C(=O)O)C(=O)CP(=O)(OCc1ccccc1)C(CCc1ccccc1)NC(=O)OCc1ccccc1. The minimum Gasteiger partial charge on any atom is -0.445 e. The van der Waals surface area contributed by atoms with Crippen molar-refractivity contribution in [2.75, 3.05) is 12.7 Å². The molecule has 1 aliphatic heterocycles. The molecule has 1 heterocycles. The fraction of sp³-hybridized carbons (Fsp3) is 0.344. The number of nitrogens with one attached hydrogen (secondary N) is 1. The van der Waals surface area contributed by atoms with Crippen LogP contribution in [-0.2, 0) is 38.3 Å². The fourth-order valence-corrected chi connectivity index (χ4v) is 7.69. The number of carbonyl (C=O) groups is 3. The van der Waals surface area contributed by atoms with Crippen LogP contribution in [0.4, 0.5) is 9.59 Å². The zero-order valence-electron chi connectivity index (χ0n) is 23.8. The van der Waals surface area contributed by atoms with Crippen LogP contribution in [0.25, 0.3) is 0 Å². The molecule has 0 bridgehead atoms. The van der Waals surface area contributed by atoms with Crippen LogP contribution < -0.4 is 5.32 Å². The van der Waals surface area contributed by atoms with E-state index in [0.717, 1.165) is 16.7 Å². The molecule has 222 valence electrons. The van der Waals surface area contributed by atoms with Gasteiger partial charge in [0.1, 0.15) is 24.6 Å². The summed E-state index contributed by atoms with van der Waals surface area (Å²) >= 11 is 0. The molecule has 0 aromatic heterocycles. The molecule has 0 aliphatic carbocycles. The van der Waals surface area contributed by atoms with E-state index >= 15 is 0 Å². The Hall–Kier alpha value is -3.78. The molecule has 10 heteroatoms. The van der Waals surface area contributed by atoms with Crippen molar-refractivity contribution in [2.45, 2.75) is 57.6 Å². The molecule has 3 aromatic rings. The molecule has 3 unspecified atom stereocenters. The molecule has 2 N–H and O–H groups in total. The van der Waals surface area contributed by atoms with Crippen LogP contribution in [0, 0.1) is 0 Å². The summed E-state index contributed by atoms with van der Waals surface area (Å²) in [6.07, 6.45) is -0.946. The van der Waals surface area contributed by atoms with E-state index < -0.39 is 47.9 Å². The van der Waals surface area contributed by atoms with Gasteiger partial charge in [-0.25, -0.2) is 9.59 Å². The second-order valence-corrected chi connectivity index (χ2v) is 13.3. The Morgan fingerprint density at radius 1 is 0.905 bits per heavy atom. The van der Waals surface area contributed by atoms with Gasteiger partial charge >= 0.3 is 18.1 Å². The Kier molecular flexibility index (Phi) is 10.7. The number of amides is 3. The molecule has 9 nitrogen and oxygen atoms in total. The van der Waals surface area contributed by atoms with Crippen LogP contribution in [0.15, 0.2) is 91.0 Å². The second-order valence-electron chi connectivity index (χ2n) is 10.6. The molecule has 4 atom stereocenters. The molecule has 1 fully saturated rings. The van der Waals surface area contributed by atoms with Crippen LogP contribution in [-0.4, -0.2) is 52.2 Å². The normalized spacial score (nSPS) is 20.3. The van der Waals surface area contributed by atoms with Gasteiger partial charge < -0.3 is 19.7 Å². The molecule has 3 amide bonds. The van der Waals surface area contributed by atoms with Gasteiger partial charge in [-0.3, -0.25) is 4.57 Å². The highest BCUT2D eigenvalue weighted by atomic mass is 31.2. The zero-order valence-corrected chi connectivity index (χ0v) is 24.7. The lowest BCUT2D eigenvalue weighted by Gasteiger charge is -2.33. The quantitative estimate of drug-likeness (QED) is 0.180. The third-order valence-electron chi connectivity index (χ3n) is 7.84. The summed E-state index contributed by atoms with van der Waals surface area (Å²) in [4.78, 5) is 39.3. The Morgan fingerprint density at radius 2 is 1.45 bits per heavy atom. The van der Waals surface area contributed by atoms with E-state index in [-0.39, 0.29) is 26.2 Å². The van der Waals surface area contributed by atoms with Crippen LogP contribution >= 0.6 is 7.37 Å². The van der Waals surface area contributed by atoms with Gasteiger partial charge in [0.25, 0.3) is 0 Å². The fourth-order valence-electron chi connectivity index (χ4n) is 5.37. The summed E-state index contributed by atoms with van der Waals surface area (Å²) in [5.74, 6) is -1.78. The first kappa shape index (κ1) is 31.2. The smallest absolute Gasteiger partial charge is 0.445 e. The molecule has 42 heavy (non-hydrogen) atoms. The van der Waals surface area contributed by atoms with Gasteiger partial charge in [-0.1, -0.05) is 91.0 Å². The number of carboxylic acid groups (broad SMARTS) is 1. The number of alkyl carbamates (subject to hydrolysis) is 1. The highest BCUT2D eigenvalue weighted by molar-refractivity contribution is 7.60. The van der Waals surface area contributed by atoms with E-state index in [1.807, 2.05) is 78.9 Å². The van der Waals surface area contributed by atoms with Crippen molar-refractivity contribution in [3.05, 3.63) is 108 Å². The van der Waals surface area contributed by atoms with Crippen molar-refractivity contribution in [3.8, 4) is 0 Å². The minimum absolute atomic E-state index is 0.00269. The van der Waals surface area contributed by atoms with E-state index in [4.69, 9.17) is 9.26 Å². The first-order valence-corrected chi connectivity index (χ1v) is 16.0. The van der Waals surface area contributed by atoms with Gasteiger partial charge in [0.15, 0.2) is 0 Å². The van der Waals surface area contributed by atoms with Gasteiger partial charge in [-0.15, -0.1) is 0 Å². The van der Waals surface area contributed by atoms with Gasteiger partial charge in [0.05, 0.1) is 13.2 Å². The first-order chi connectivity index (χ1) is 20.2. The lowest BCUT2D eigenvalue weighted by molar-refractivity contribution is -0.791. The Morgan fingerprint density at radius 3 is 1.98 bits per heavy atom. The van der Waals surface area contributed by atoms with Crippen molar-refractivity contribution in [1.82, 2.24) is 5.32 Å². The van der Waals surface area contributed by atoms with Crippen LogP contribution in [0.5, 0.6) is 0 Å². The number of hydrogen-bond acceptors (Lipinski definition) is 6. The first-order valence-electron chi connectivity index (χ1n) is 14.2. The number of benzene rings is 3. The highest BCUT2D eigenvalue weighted by Crippen LogP contribution is 2.54. The molecule has 0 radical (unpaired) electrons. The number of nitrogens with zero attached hydrogens (tertiary/aromatic N) is 1. The van der Waals surface area contributed by atoms with Gasteiger partial charge in [-0.2, -0.15) is 9.28 Å². The van der Waals surface area contributed by atoms with Gasteiger partial charge in [-0.05, 0) is 36.5 Å². The van der Waals surface area contributed by atoms with E-state index in [9.17, 15) is 24.1 Å². The maximum Gasteiger partial charge on any atom is 0.521 e. The van der Waals surface area contributed by atoms with Crippen molar-refractivity contribution in [3.63, 3.8) is 0 Å². The summed E-state index contributed by atoms with van der Waals surface area (Å²) in [5, 5.41) is 12.9. The molecule has 3 aromatic carbocycles. The summed E-state index contributed by atoms with van der Waals surface area (Å²) in [6, 6.07) is 27.3. The molecule has 0 spiro atoms. The van der Waals surface area contributed by atoms with Gasteiger partial charge in [0, 0.05) is 12.8 Å². The summed E-state index contributed by atoms with van der Waals surface area (Å²) < 4.78 is 25.6. The number of imide groups is 1. The van der Waals surface area contributed by atoms with E-state index in [0.29, 0.717) is 19.3 Å². The molecule has 4 rings (SSSR count). The number of hydrogen-bond donors (Lipinski definition) is 2. The van der Waals surface area contributed by atoms with E-state index in [1.165, 1.54) is 0 Å². The highest BCUT2D eigenvalue weighted by Gasteiger charge is 2.55. The average molecular weight is 594 g/mol. The third-order valence-corrected chi connectivity index (χ3v) is 10.5. The lowest BCUT2D eigenvalue weighted by atomic mass is 10.1. The summed E-state index contributed by atoms with van der Waals surface area (Å²) in [5.41, 5.74) is 2.46. The number of quaternary nitrogens is 1. The monoisotopic (exact) mass is 593 g/mol. The summed E-state index contributed by atoms with van der Waals surface area (Å²) in [6.45, 7) is 1.77. The lowest BCUT2D eigenvalue weighted by Crippen LogP contribution is -2.59. The van der Waals surface area contributed by atoms with Crippen LogP contribution in [0.1, 0.15) is 42.9 Å². The van der Waals surface area contributed by atoms with Crippen molar-refractivity contribution >= 4 is 25.5 Å². The average Bonchev–Trinajstić information content (AvgIpc) is 3.41. The predicted molar refractivity (Wildman–Crippen MR) is 159 cm³/mol.